The lowest BCUT2D eigenvalue weighted by Gasteiger charge is -2.21. The lowest BCUT2D eigenvalue weighted by Crippen LogP contribution is -2.32. The molecule has 2 aromatic rings. The Kier molecular flexibility index (Phi) is 5.58. The zero-order valence-electron chi connectivity index (χ0n) is 13.6. The monoisotopic (exact) mass is 325 g/mol. The van der Waals surface area contributed by atoms with Crippen LogP contribution in [0.25, 0.3) is 0 Å². The van der Waals surface area contributed by atoms with Gasteiger partial charge in [-0.2, -0.15) is 0 Å². The molecule has 2 atom stereocenters. The van der Waals surface area contributed by atoms with Crippen molar-refractivity contribution in [2.45, 2.75) is 19.8 Å². The molecule has 0 aliphatic carbocycles. The number of nitro groups is 1. The van der Waals surface area contributed by atoms with Gasteiger partial charge in [-0.25, -0.2) is 0 Å². The molecule has 0 spiro atoms. The summed E-state index contributed by atoms with van der Waals surface area (Å²) in [6.45, 7) is 2.74. The van der Waals surface area contributed by atoms with Gasteiger partial charge in [0.25, 0.3) is 0 Å². The van der Waals surface area contributed by atoms with Crippen molar-refractivity contribution in [3.05, 3.63) is 81.4 Å². The summed E-state index contributed by atoms with van der Waals surface area (Å²) in [5, 5.41) is 11.1. The van der Waals surface area contributed by atoms with Crippen molar-refractivity contribution in [1.82, 2.24) is 0 Å². The third-order valence-corrected chi connectivity index (χ3v) is 4.03. The number of rotatable bonds is 7. The van der Waals surface area contributed by atoms with Crippen LogP contribution >= 0.6 is 0 Å². The number of carbonyl (C=O) groups is 2. The van der Waals surface area contributed by atoms with Gasteiger partial charge in [-0.1, -0.05) is 60.2 Å². The average Bonchev–Trinajstić information content (AvgIpc) is 2.55. The Morgan fingerprint density at radius 1 is 1.04 bits per heavy atom. The number of hydrogen-bond donors (Lipinski definition) is 0. The molecule has 0 saturated heterocycles. The minimum Gasteiger partial charge on any atom is -0.299 e. The number of aryl methyl sites for hydroxylation is 1. The van der Waals surface area contributed by atoms with Crippen molar-refractivity contribution < 1.29 is 14.5 Å². The number of benzene rings is 2. The number of Topliss-reactive ketones (excluding diaryl/α,β-unsaturated/α-hetero) is 2. The lowest BCUT2D eigenvalue weighted by molar-refractivity contribution is -0.484. The van der Waals surface area contributed by atoms with Crippen LogP contribution in [0.2, 0.25) is 0 Å². The number of ketones is 2. The SMILES string of the molecule is CC(=O)C(C(=O)c1ccc(C)cc1)[C@H](C[N+](=O)[O-])c1ccccc1. The molecule has 0 N–H and O–H groups in total. The van der Waals surface area contributed by atoms with E-state index in [0.29, 0.717) is 11.1 Å². The summed E-state index contributed by atoms with van der Waals surface area (Å²) in [6, 6.07) is 15.6. The molecule has 0 aromatic heterocycles. The molecule has 0 heterocycles. The fourth-order valence-corrected chi connectivity index (χ4v) is 2.81. The molecule has 0 aliphatic heterocycles. The fourth-order valence-electron chi connectivity index (χ4n) is 2.81. The summed E-state index contributed by atoms with van der Waals surface area (Å²) in [6.07, 6.45) is 0. The second-order valence-electron chi connectivity index (χ2n) is 5.85. The van der Waals surface area contributed by atoms with Crippen LogP contribution in [0.15, 0.2) is 54.6 Å². The Morgan fingerprint density at radius 2 is 1.62 bits per heavy atom. The van der Waals surface area contributed by atoms with E-state index in [-0.39, 0.29) is 11.6 Å². The molecule has 0 radical (unpaired) electrons. The number of hydrogen-bond acceptors (Lipinski definition) is 4. The standard InChI is InChI=1S/C19H19NO4/c1-13-8-10-16(11-9-13)19(22)18(14(2)21)17(12-20(23)24)15-6-4-3-5-7-15/h3-11,17-18H,12H2,1-2H3/t17-,18?/m1/s1. The molecule has 1 unspecified atom stereocenters. The molecule has 2 rings (SSSR count). The van der Waals surface area contributed by atoms with Crippen molar-refractivity contribution in [3.63, 3.8) is 0 Å². The first-order valence-corrected chi connectivity index (χ1v) is 7.68. The zero-order valence-corrected chi connectivity index (χ0v) is 13.6. The van der Waals surface area contributed by atoms with E-state index < -0.39 is 23.3 Å². The highest BCUT2D eigenvalue weighted by Crippen LogP contribution is 2.29. The van der Waals surface area contributed by atoms with Crippen LogP contribution in [0, 0.1) is 23.0 Å². The van der Waals surface area contributed by atoms with Gasteiger partial charge in [0.05, 0.1) is 11.8 Å². The highest BCUT2D eigenvalue weighted by atomic mass is 16.6. The van der Waals surface area contributed by atoms with Gasteiger partial charge < -0.3 is 0 Å². The van der Waals surface area contributed by atoms with Crippen LogP contribution in [0.4, 0.5) is 0 Å². The summed E-state index contributed by atoms with van der Waals surface area (Å²) in [7, 11) is 0. The number of carbonyl (C=O) groups excluding carboxylic acids is 2. The maximum atomic E-state index is 12.9. The summed E-state index contributed by atoms with van der Waals surface area (Å²) in [4.78, 5) is 35.6. The molecule has 2 aromatic carbocycles. The maximum absolute atomic E-state index is 12.9. The van der Waals surface area contributed by atoms with Crippen molar-refractivity contribution in [1.29, 1.82) is 0 Å². The smallest absolute Gasteiger partial charge is 0.211 e. The summed E-state index contributed by atoms with van der Waals surface area (Å²) in [5.41, 5.74) is 2.01. The van der Waals surface area contributed by atoms with Crippen LogP contribution in [0.1, 0.15) is 34.3 Å². The van der Waals surface area contributed by atoms with Gasteiger partial charge >= 0.3 is 0 Å². The van der Waals surface area contributed by atoms with Crippen LogP contribution in [-0.4, -0.2) is 23.0 Å². The molecular formula is C19H19NO4. The summed E-state index contributed by atoms with van der Waals surface area (Å²) < 4.78 is 0. The Hall–Kier alpha value is -2.82. The van der Waals surface area contributed by atoms with Crippen molar-refractivity contribution in [3.8, 4) is 0 Å². The predicted octanol–water partition coefficient (Wildman–Crippen LogP) is 3.44. The molecular weight excluding hydrogens is 306 g/mol. The van der Waals surface area contributed by atoms with Gasteiger partial charge in [0.2, 0.25) is 6.54 Å². The maximum Gasteiger partial charge on any atom is 0.211 e. The third kappa shape index (κ3) is 4.13. The van der Waals surface area contributed by atoms with E-state index in [9.17, 15) is 19.7 Å². The van der Waals surface area contributed by atoms with Crippen molar-refractivity contribution in [2.75, 3.05) is 6.54 Å². The third-order valence-electron chi connectivity index (χ3n) is 4.03. The molecule has 0 fully saturated rings. The number of nitrogens with zero attached hydrogens (tertiary/aromatic N) is 1. The van der Waals surface area contributed by atoms with Crippen LogP contribution < -0.4 is 0 Å². The van der Waals surface area contributed by atoms with Gasteiger partial charge in [0.15, 0.2) is 5.78 Å². The topological polar surface area (TPSA) is 77.3 Å². The molecule has 0 amide bonds. The van der Waals surface area contributed by atoms with Crippen LogP contribution in [0.5, 0.6) is 0 Å². The van der Waals surface area contributed by atoms with Crippen molar-refractivity contribution >= 4 is 11.6 Å². The molecule has 5 heteroatoms. The van der Waals surface area contributed by atoms with E-state index in [1.807, 2.05) is 6.92 Å². The normalized spacial score (nSPS) is 13.1. The Morgan fingerprint density at radius 3 is 2.12 bits per heavy atom. The first kappa shape index (κ1) is 17.5. The fraction of sp³-hybridized carbons (Fsp3) is 0.263. The largest absolute Gasteiger partial charge is 0.299 e. The van der Waals surface area contributed by atoms with Gasteiger partial charge in [-0.15, -0.1) is 0 Å². The minimum absolute atomic E-state index is 0.365. The van der Waals surface area contributed by atoms with Gasteiger partial charge in [-0.3, -0.25) is 19.7 Å². The van der Waals surface area contributed by atoms with E-state index >= 15 is 0 Å². The second-order valence-corrected chi connectivity index (χ2v) is 5.85. The summed E-state index contributed by atoms with van der Waals surface area (Å²) >= 11 is 0. The Labute approximate surface area is 140 Å². The molecule has 0 bridgehead atoms. The van der Waals surface area contributed by atoms with Gasteiger partial charge in [-0.05, 0) is 19.4 Å². The van der Waals surface area contributed by atoms with Crippen molar-refractivity contribution in [2.24, 2.45) is 5.92 Å². The molecule has 24 heavy (non-hydrogen) atoms. The van der Waals surface area contributed by atoms with E-state index in [4.69, 9.17) is 0 Å². The van der Waals surface area contributed by atoms with E-state index in [2.05, 4.69) is 0 Å². The minimum atomic E-state index is -1.07. The highest BCUT2D eigenvalue weighted by Gasteiger charge is 2.37. The predicted molar refractivity (Wildman–Crippen MR) is 90.7 cm³/mol. The first-order chi connectivity index (χ1) is 11.4. The Balaban J connectivity index is 2.44. The first-order valence-electron chi connectivity index (χ1n) is 7.68. The van der Waals surface area contributed by atoms with Gasteiger partial charge in [0.1, 0.15) is 5.78 Å². The molecule has 0 saturated carbocycles. The average molecular weight is 325 g/mol. The summed E-state index contributed by atoms with van der Waals surface area (Å²) in [5.74, 6) is -2.59. The quantitative estimate of drug-likeness (QED) is 0.338. The van der Waals surface area contributed by atoms with Crippen LogP contribution in [0.3, 0.4) is 0 Å². The van der Waals surface area contributed by atoms with Gasteiger partial charge in [0, 0.05) is 10.5 Å². The molecule has 0 aliphatic rings. The molecule has 124 valence electrons. The molecule has 5 nitrogen and oxygen atoms in total. The highest BCUT2D eigenvalue weighted by molar-refractivity contribution is 6.10. The van der Waals surface area contributed by atoms with E-state index in [0.717, 1.165) is 5.56 Å². The zero-order chi connectivity index (χ0) is 17.7. The second kappa shape index (κ2) is 7.64. The van der Waals surface area contributed by atoms with E-state index in [1.165, 1.54) is 6.92 Å². The Bertz CT molecular complexity index is 738. The lowest BCUT2D eigenvalue weighted by atomic mass is 9.79. The van der Waals surface area contributed by atoms with Crippen LogP contribution in [-0.2, 0) is 4.79 Å². The van der Waals surface area contributed by atoms with E-state index in [1.54, 1.807) is 54.6 Å².